The van der Waals surface area contributed by atoms with Gasteiger partial charge in [-0.25, -0.2) is 0 Å². The van der Waals surface area contributed by atoms with Crippen LogP contribution in [0.3, 0.4) is 0 Å². The lowest BCUT2D eigenvalue weighted by Gasteiger charge is -2.21. The van der Waals surface area contributed by atoms with Crippen LogP contribution in [0.25, 0.3) is 0 Å². The molecule has 114 valence electrons. The van der Waals surface area contributed by atoms with E-state index < -0.39 is 0 Å². The van der Waals surface area contributed by atoms with E-state index in [0.29, 0.717) is 18.9 Å². The highest BCUT2D eigenvalue weighted by atomic mass is 32.2. The Balaban J connectivity index is 1.89. The normalized spacial score (nSPS) is 17.3. The molecule has 2 rings (SSSR count). The van der Waals surface area contributed by atoms with Gasteiger partial charge in [-0.05, 0) is 37.0 Å². The van der Waals surface area contributed by atoms with Gasteiger partial charge in [-0.2, -0.15) is 0 Å². The average Bonchev–Trinajstić information content (AvgIpc) is 2.39. The lowest BCUT2D eigenvalue weighted by molar-refractivity contribution is -0.121. The Morgan fingerprint density at radius 2 is 2.19 bits per heavy atom. The van der Waals surface area contributed by atoms with Crippen LogP contribution in [0.4, 0.5) is 5.69 Å². The molecule has 1 aromatic rings. The van der Waals surface area contributed by atoms with Gasteiger partial charge in [0.25, 0.3) is 0 Å². The zero-order chi connectivity index (χ0) is 15.4. The van der Waals surface area contributed by atoms with Gasteiger partial charge in [-0.3, -0.25) is 9.59 Å². The Morgan fingerprint density at radius 1 is 1.43 bits per heavy atom. The highest BCUT2D eigenvalue weighted by Gasteiger charge is 2.22. The maximum absolute atomic E-state index is 11.7. The Bertz CT molecular complexity index is 543. The van der Waals surface area contributed by atoms with Crippen molar-refractivity contribution < 1.29 is 9.59 Å². The molecular weight excluding hydrogens is 284 g/mol. The van der Waals surface area contributed by atoms with Crippen LogP contribution < -0.4 is 10.6 Å². The summed E-state index contributed by atoms with van der Waals surface area (Å²) in [5.74, 6) is 0.526. The summed E-state index contributed by atoms with van der Waals surface area (Å²) in [6.45, 7) is 6.59. The van der Waals surface area contributed by atoms with Crippen LogP contribution in [0, 0.1) is 5.92 Å². The minimum absolute atomic E-state index is 0.0429. The number of carbonyl (C=O) groups is 2. The molecule has 0 fully saturated rings. The monoisotopic (exact) mass is 306 g/mol. The molecule has 4 nitrogen and oxygen atoms in total. The Kier molecular flexibility index (Phi) is 5.28. The lowest BCUT2D eigenvalue weighted by Crippen LogP contribution is -2.27. The third kappa shape index (κ3) is 4.49. The highest BCUT2D eigenvalue weighted by Crippen LogP contribution is 2.35. The molecule has 0 saturated heterocycles. The topological polar surface area (TPSA) is 58.2 Å². The van der Waals surface area contributed by atoms with Gasteiger partial charge in [0.1, 0.15) is 0 Å². The number of amides is 2. The van der Waals surface area contributed by atoms with Crippen LogP contribution in [0.2, 0.25) is 0 Å². The summed E-state index contributed by atoms with van der Waals surface area (Å²) in [5.41, 5.74) is 2.00. The molecule has 0 radical (unpaired) electrons. The SMILES string of the molecule is CC(C)CC(=O)NCCc1ccc2c(c1)NC(=O)C(C)S2. The molecule has 5 heteroatoms. The van der Waals surface area contributed by atoms with Crippen molar-refractivity contribution in [2.24, 2.45) is 5.92 Å². The number of anilines is 1. The number of rotatable bonds is 5. The Morgan fingerprint density at radius 3 is 2.90 bits per heavy atom. The lowest BCUT2D eigenvalue weighted by atomic mass is 10.1. The van der Waals surface area contributed by atoms with Crippen molar-refractivity contribution in [2.45, 2.75) is 43.8 Å². The summed E-state index contributed by atoms with van der Waals surface area (Å²) in [5, 5.41) is 5.81. The molecule has 1 aliphatic rings. The maximum Gasteiger partial charge on any atom is 0.237 e. The molecule has 0 saturated carbocycles. The third-order valence-electron chi connectivity index (χ3n) is 3.30. The van der Waals surface area contributed by atoms with E-state index in [2.05, 4.69) is 16.7 Å². The summed E-state index contributed by atoms with van der Waals surface area (Å²) < 4.78 is 0. The zero-order valence-electron chi connectivity index (χ0n) is 12.7. The highest BCUT2D eigenvalue weighted by molar-refractivity contribution is 8.00. The first-order chi connectivity index (χ1) is 9.95. The first kappa shape index (κ1) is 15.9. The fraction of sp³-hybridized carbons (Fsp3) is 0.500. The fourth-order valence-electron chi connectivity index (χ4n) is 2.20. The minimum Gasteiger partial charge on any atom is -0.356 e. The summed E-state index contributed by atoms with van der Waals surface area (Å²) in [6, 6.07) is 6.10. The number of hydrogen-bond donors (Lipinski definition) is 2. The van der Waals surface area contributed by atoms with Gasteiger partial charge in [0, 0.05) is 17.9 Å². The number of benzene rings is 1. The molecule has 0 aromatic heterocycles. The molecule has 21 heavy (non-hydrogen) atoms. The molecule has 1 unspecified atom stereocenters. The summed E-state index contributed by atoms with van der Waals surface area (Å²) in [4.78, 5) is 24.4. The van der Waals surface area contributed by atoms with E-state index in [1.807, 2.05) is 32.9 Å². The Labute approximate surface area is 130 Å². The first-order valence-electron chi connectivity index (χ1n) is 7.33. The van der Waals surface area contributed by atoms with Crippen molar-refractivity contribution in [3.8, 4) is 0 Å². The quantitative estimate of drug-likeness (QED) is 0.879. The minimum atomic E-state index is -0.0429. The van der Waals surface area contributed by atoms with Gasteiger partial charge in [0.15, 0.2) is 0 Å². The van der Waals surface area contributed by atoms with E-state index in [4.69, 9.17) is 0 Å². The van der Waals surface area contributed by atoms with Gasteiger partial charge in [0.05, 0.1) is 10.9 Å². The smallest absolute Gasteiger partial charge is 0.237 e. The number of nitrogens with one attached hydrogen (secondary N) is 2. The van der Waals surface area contributed by atoms with Crippen LogP contribution in [0.15, 0.2) is 23.1 Å². The van der Waals surface area contributed by atoms with Crippen LogP contribution in [-0.4, -0.2) is 23.6 Å². The van der Waals surface area contributed by atoms with Crippen molar-refractivity contribution in [3.05, 3.63) is 23.8 Å². The van der Waals surface area contributed by atoms with Gasteiger partial charge >= 0.3 is 0 Å². The molecule has 0 bridgehead atoms. The maximum atomic E-state index is 11.7. The molecule has 0 spiro atoms. The van der Waals surface area contributed by atoms with Crippen LogP contribution in [0.1, 0.15) is 32.8 Å². The van der Waals surface area contributed by atoms with E-state index in [-0.39, 0.29) is 17.1 Å². The molecule has 2 amide bonds. The second-order valence-electron chi connectivity index (χ2n) is 5.78. The second kappa shape index (κ2) is 6.98. The van der Waals surface area contributed by atoms with E-state index in [1.165, 1.54) is 0 Å². The van der Waals surface area contributed by atoms with Gasteiger partial charge < -0.3 is 10.6 Å². The van der Waals surface area contributed by atoms with E-state index in [1.54, 1.807) is 11.8 Å². The molecule has 1 aliphatic heterocycles. The van der Waals surface area contributed by atoms with Crippen LogP contribution in [-0.2, 0) is 16.0 Å². The second-order valence-corrected chi connectivity index (χ2v) is 7.16. The van der Waals surface area contributed by atoms with Gasteiger partial charge in [-0.15, -0.1) is 11.8 Å². The third-order valence-corrected chi connectivity index (χ3v) is 4.48. The summed E-state index contributed by atoms with van der Waals surface area (Å²) in [7, 11) is 0. The number of carbonyl (C=O) groups excluding carboxylic acids is 2. The predicted octanol–water partition coefficient (Wildman–Crippen LogP) is 2.82. The van der Waals surface area contributed by atoms with Crippen molar-refractivity contribution in [1.82, 2.24) is 5.32 Å². The van der Waals surface area contributed by atoms with Crippen molar-refractivity contribution in [2.75, 3.05) is 11.9 Å². The van der Waals surface area contributed by atoms with Crippen LogP contribution in [0.5, 0.6) is 0 Å². The van der Waals surface area contributed by atoms with E-state index in [9.17, 15) is 9.59 Å². The first-order valence-corrected chi connectivity index (χ1v) is 8.21. The molecule has 2 N–H and O–H groups in total. The zero-order valence-corrected chi connectivity index (χ0v) is 13.5. The molecule has 0 aliphatic carbocycles. The van der Waals surface area contributed by atoms with Crippen molar-refractivity contribution in [3.63, 3.8) is 0 Å². The summed E-state index contributed by atoms with van der Waals surface area (Å²) >= 11 is 1.58. The van der Waals surface area contributed by atoms with E-state index in [0.717, 1.165) is 22.6 Å². The number of fused-ring (bicyclic) bond motifs is 1. The van der Waals surface area contributed by atoms with Gasteiger partial charge in [-0.1, -0.05) is 19.9 Å². The molecule has 1 atom stereocenters. The molecular formula is C16H22N2O2S. The molecule has 1 aromatic carbocycles. The largest absolute Gasteiger partial charge is 0.356 e. The molecule has 1 heterocycles. The standard InChI is InChI=1S/C16H22N2O2S/c1-10(2)8-15(19)17-7-6-12-4-5-14-13(9-12)18-16(20)11(3)21-14/h4-5,9-11H,6-8H2,1-3H3,(H,17,19)(H,18,20). The van der Waals surface area contributed by atoms with E-state index >= 15 is 0 Å². The Hall–Kier alpha value is -1.49. The fourth-order valence-corrected chi connectivity index (χ4v) is 3.13. The summed E-state index contributed by atoms with van der Waals surface area (Å²) in [6.07, 6.45) is 1.34. The van der Waals surface area contributed by atoms with Crippen LogP contribution >= 0.6 is 11.8 Å². The number of thioether (sulfide) groups is 1. The average molecular weight is 306 g/mol. The van der Waals surface area contributed by atoms with Crippen molar-refractivity contribution >= 4 is 29.3 Å². The van der Waals surface area contributed by atoms with Gasteiger partial charge in [0.2, 0.25) is 11.8 Å². The predicted molar refractivity (Wildman–Crippen MR) is 86.6 cm³/mol. The number of hydrogen-bond acceptors (Lipinski definition) is 3. The van der Waals surface area contributed by atoms with Crippen molar-refractivity contribution in [1.29, 1.82) is 0 Å².